The number of nitrogens with two attached hydrogens (primary N) is 1. The third kappa shape index (κ3) is 2.43. The Hall–Kier alpha value is -1.98. The fourth-order valence-corrected chi connectivity index (χ4v) is 1.99. The van der Waals surface area contributed by atoms with Gasteiger partial charge in [0.2, 0.25) is 0 Å². The highest BCUT2D eigenvalue weighted by atomic mass is 19.4. The van der Waals surface area contributed by atoms with Crippen molar-refractivity contribution in [2.75, 3.05) is 5.73 Å². The van der Waals surface area contributed by atoms with Crippen LogP contribution in [0.2, 0.25) is 0 Å². The first kappa shape index (κ1) is 13.5. The van der Waals surface area contributed by atoms with Gasteiger partial charge in [-0.3, -0.25) is 4.68 Å². The molecule has 0 bridgehead atoms. The molecule has 2 N–H and O–H groups in total. The second kappa shape index (κ2) is 4.60. The van der Waals surface area contributed by atoms with Crippen LogP contribution in [0.25, 0.3) is 0 Å². The lowest BCUT2D eigenvalue weighted by Crippen LogP contribution is -2.12. The molecule has 102 valence electrons. The smallest absolute Gasteiger partial charge is 0.395 e. The number of alkyl halides is 3. The summed E-state index contributed by atoms with van der Waals surface area (Å²) in [5.41, 5.74) is 5.37. The number of aromatic nitrogens is 2. The van der Waals surface area contributed by atoms with Crippen LogP contribution in [0.15, 0.2) is 30.3 Å². The van der Waals surface area contributed by atoms with Crippen molar-refractivity contribution in [2.24, 2.45) is 0 Å². The Morgan fingerprint density at radius 3 is 2.26 bits per heavy atom. The molecule has 2 aromatic rings. The molecule has 0 aliphatic rings. The Kier molecular flexibility index (Phi) is 3.26. The van der Waals surface area contributed by atoms with Crippen molar-refractivity contribution in [2.45, 2.75) is 26.1 Å². The Balaban J connectivity index is 2.47. The molecule has 0 amide bonds. The topological polar surface area (TPSA) is 43.8 Å². The molecule has 0 saturated heterocycles. The summed E-state index contributed by atoms with van der Waals surface area (Å²) in [5, 5.41) is 3.62. The SMILES string of the molecule is Cc1c(N)c(C(F)(F)F)nn1[C@@H](C)c1ccccc1. The molecule has 1 aromatic carbocycles. The van der Waals surface area contributed by atoms with E-state index in [2.05, 4.69) is 5.10 Å². The van der Waals surface area contributed by atoms with E-state index in [0.717, 1.165) is 5.56 Å². The van der Waals surface area contributed by atoms with Gasteiger partial charge in [-0.1, -0.05) is 30.3 Å². The van der Waals surface area contributed by atoms with Gasteiger partial charge in [-0.05, 0) is 19.4 Å². The van der Waals surface area contributed by atoms with Gasteiger partial charge in [-0.2, -0.15) is 18.3 Å². The van der Waals surface area contributed by atoms with Gasteiger partial charge in [-0.15, -0.1) is 0 Å². The van der Waals surface area contributed by atoms with Crippen LogP contribution in [0.3, 0.4) is 0 Å². The summed E-state index contributed by atoms with van der Waals surface area (Å²) in [6, 6.07) is 8.89. The molecule has 0 spiro atoms. The van der Waals surface area contributed by atoms with Crippen LogP contribution in [-0.2, 0) is 6.18 Å². The first-order valence-electron chi connectivity index (χ1n) is 5.79. The molecule has 0 fully saturated rings. The van der Waals surface area contributed by atoms with Gasteiger partial charge in [0, 0.05) is 0 Å². The Bertz CT molecular complexity index is 573. The van der Waals surface area contributed by atoms with Gasteiger partial charge in [0.15, 0.2) is 5.69 Å². The first-order chi connectivity index (χ1) is 8.82. The fourth-order valence-electron chi connectivity index (χ4n) is 1.99. The molecule has 6 heteroatoms. The summed E-state index contributed by atoms with van der Waals surface area (Å²) < 4.78 is 39.6. The second-order valence-electron chi connectivity index (χ2n) is 4.38. The molecule has 0 saturated carbocycles. The quantitative estimate of drug-likeness (QED) is 0.908. The summed E-state index contributed by atoms with van der Waals surface area (Å²) in [5.74, 6) is 0. The molecule has 0 unspecified atom stereocenters. The summed E-state index contributed by atoms with van der Waals surface area (Å²) in [6.07, 6.45) is -4.53. The standard InChI is InChI=1S/C13H14F3N3/c1-8(10-6-4-3-5-7-10)19-9(2)11(17)12(18-19)13(14,15)16/h3-8H,17H2,1-2H3/t8-/m0/s1. The van der Waals surface area contributed by atoms with Crippen molar-refractivity contribution in [3.8, 4) is 0 Å². The third-order valence-corrected chi connectivity index (χ3v) is 3.11. The molecular weight excluding hydrogens is 255 g/mol. The van der Waals surface area contributed by atoms with E-state index in [1.54, 1.807) is 6.92 Å². The molecule has 1 heterocycles. The van der Waals surface area contributed by atoms with Gasteiger partial charge in [-0.25, -0.2) is 0 Å². The number of nitrogen functional groups attached to an aromatic ring is 1. The van der Waals surface area contributed by atoms with Crippen LogP contribution in [-0.4, -0.2) is 9.78 Å². The van der Waals surface area contributed by atoms with Crippen molar-refractivity contribution < 1.29 is 13.2 Å². The molecule has 1 atom stereocenters. The molecule has 1 aromatic heterocycles. The van der Waals surface area contributed by atoms with E-state index >= 15 is 0 Å². The average molecular weight is 269 g/mol. The van der Waals surface area contributed by atoms with Crippen molar-refractivity contribution in [3.05, 3.63) is 47.3 Å². The lowest BCUT2D eigenvalue weighted by molar-refractivity contribution is -0.140. The summed E-state index contributed by atoms with van der Waals surface area (Å²) in [6.45, 7) is 3.33. The average Bonchev–Trinajstić information content (AvgIpc) is 2.66. The van der Waals surface area contributed by atoms with E-state index in [9.17, 15) is 13.2 Å². The minimum absolute atomic E-state index is 0.306. The summed E-state index contributed by atoms with van der Waals surface area (Å²) in [7, 11) is 0. The highest BCUT2D eigenvalue weighted by Gasteiger charge is 2.38. The van der Waals surface area contributed by atoms with Crippen LogP contribution in [0.1, 0.15) is 29.9 Å². The minimum Gasteiger partial charge on any atom is -0.395 e. The largest absolute Gasteiger partial charge is 0.437 e. The van der Waals surface area contributed by atoms with Gasteiger partial charge in [0.25, 0.3) is 0 Å². The maximum Gasteiger partial charge on any atom is 0.437 e. The monoisotopic (exact) mass is 269 g/mol. The zero-order valence-corrected chi connectivity index (χ0v) is 10.6. The number of nitrogens with zero attached hydrogens (tertiary/aromatic N) is 2. The Morgan fingerprint density at radius 2 is 1.79 bits per heavy atom. The van der Waals surface area contributed by atoms with Crippen molar-refractivity contribution in [1.29, 1.82) is 0 Å². The number of hydrogen-bond acceptors (Lipinski definition) is 2. The fraction of sp³-hybridized carbons (Fsp3) is 0.308. The summed E-state index contributed by atoms with van der Waals surface area (Å²) in [4.78, 5) is 0. The molecule has 0 aliphatic carbocycles. The van der Waals surface area contributed by atoms with E-state index in [0.29, 0.717) is 5.69 Å². The van der Waals surface area contributed by atoms with Crippen LogP contribution in [0.5, 0.6) is 0 Å². The van der Waals surface area contributed by atoms with E-state index in [1.165, 1.54) is 11.6 Å². The Morgan fingerprint density at radius 1 is 1.21 bits per heavy atom. The zero-order chi connectivity index (χ0) is 14.2. The molecular formula is C13H14F3N3. The van der Waals surface area contributed by atoms with Gasteiger partial charge in [0.1, 0.15) is 0 Å². The normalized spacial score (nSPS) is 13.5. The van der Waals surface area contributed by atoms with Crippen molar-refractivity contribution >= 4 is 5.69 Å². The summed E-state index contributed by atoms with van der Waals surface area (Å²) >= 11 is 0. The number of halogens is 3. The number of benzene rings is 1. The van der Waals surface area contributed by atoms with Gasteiger partial charge >= 0.3 is 6.18 Å². The Labute approximate surface area is 108 Å². The zero-order valence-electron chi connectivity index (χ0n) is 10.6. The maximum atomic E-state index is 12.8. The predicted molar refractivity (Wildman–Crippen MR) is 66.6 cm³/mol. The maximum absolute atomic E-state index is 12.8. The van der Waals surface area contributed by atoms with E-state index in [-0.39, 0.29) is 11.7 Å². The van der Waals surface area contributed by atoms with Gasteiger partial charge in [0.05, 0.1) is 17.4 Å². The lowest BCUT2D eigenvalue weighted by Gasteiger charge is -2.14. The van der Waals surface area contributed by atoms with Gasteiger partial charge < -0.3 is 5.73 Å². The highest BCUT2D eigenvalue weighted by Crippen LogP contribution is 2.35. The minimum atomic E-state index is -4.53. The van der Waals surface area contributed by atoms with Crippen LogP contribution < -0.4 is 5.73 Å². The van der Waals surface area contributed by atoms with Crippen molar-refractivity contribution in [3.63, 3.8) is 0 Å². The molecule has 3 nitrogen and oxygen atoms in total. The van der Waals surface area contributed by atoms with Crippen molar-refractivity contribution in [1.82, 2.24) is 9.78 Å². The first-order valence-corrected chi connectivity index (χ1v) is 5.79. The molecule has 0 aliphatic heterocycles. The molecule has 19 heavy (non-hydrogen) atoms. The second-order valence-corrected chi connectivity index (χ2v) is 4.38. The number of hydrogen-bond donors (Lipinski definition) is 1. The third-order valence-electron chi connectivity index (χ3n) is 3.11. The van der Waals surface area contributed by atoms with Crippen LogP contribution in [0, 0.1) is 6.92 Å². The van der Waals surface area contributed by atoms with E-state index in [4.69, 9.17) is 5.73 Å². The lowest BCUT2D eigenvalue weighted by atomic mass is 10.1. The number of anilines is 1. The molecule has 2 rings (SSSR count). The number of rotatable bonds is 2. The molecule has 0 radical (unpaired) electrons. The van der Waals surface area contributed by atoms with E-state index < -0.39 is 11.9 Å². The van der Waals surface area contributed by atoms with Crippen LogP contribution >= 0.6 is 0 Å². The highest BCUT2D eigenvalue weighted by molar-refractivity contribution is 5.49. The van der Waals surface area contributed by atoms with E-state index in [1.807, 2.05) is 30.3 Å². The van der Waals surface area contributed by atoms with Crippen LogP contribution in [0.4, 0.5) is 18.9 Å². The predicted octanol–water partition coefficient (Wildman–Crippen LogP) is 3.40.